The first-order valence-corrected chi connectivity index (χ1v) is 7.85. The van der Waals surface area contributed by atoms with E-state index in [4.69, 9.17) is 0 Å². The summed E-state index contributed by atoms with van der Waals surface area (Å²) in [5.74, 6) is 0. The fraction of sp³-hybridized carbons (Fsp3) is 0.812. The summed E-state index contributed by atoms with van der Waals surface area (Å²) < 4.78 is 2.01. The monoisotopic (exact) mass is 278 g/mol. The Labute approximate surface area is 123 Å². The first-order valence-electron chi connectivity index (χ1n) is 7.85. The van der Waals surface area contributed by atoms with Crippen LogP contribution in [0.25, 0.3) is 0 Å². The quantitative estimate of drug-likeness (QED) is 0.919. The maximum Gasteiger partial charge on any atom is 0.0644 e. The number of nitrogens with zero attached hydrogens (tertiary/aromatic N) is 3. The van der Waals surface area contributed by atoms with Gasteiger partial charge in [0, 0.05) is 36.4 Å². The van der Waals surface area contributed by atoms with Gasteiger partial charge in [-0.3, -0.25) is 9.58 Å². The van der Waals surface area contributed by atoms with Crippen LogP contribution in [0, 0.1) is 13.8 Å². The van der Waals surface area contributed by atoms with Gasteiger partial charge in [0.1, 0.15) is 0 Å². The third-order valence-electron chi connectivity index (χ3n) is 5.27. The molecular formula is C16H30N4. The van der Waals surface area contributed by atoms with Crippen LogP contribution >= 0.6 is 0 Å². The van der Waals surface area contributed by atoms with Gasteiger partial charge in [0.25, 0.3) is 0 Å². The topological polar surface area (TPSA) is 33.1 Å². The van der Waals surface area contributed by atoms with Crippen molar-refractivity contribution < 1.29 is 0 Å². The molecule has 20 heavy (non-hydrogen) atoms. The molecular weight excluding hydrogens is 248 g/mol. The minimum absolute atomic E-state index is 0.444. The van der Waals surface area contributed by atoms with Crippen molar-refractivity contribution in [3.05, 3.63) is 17.0 Å². The van der Waals surface area contributed by atoms with Crippen LogP contribution in [0.5, 0.6) is 0 Å². The maximum atomic E-state index is 4.56. The SMILES string of the molecule is CNC1CCC(N(C)C(C)c2c(C)nn(C)c2C)CC1. The zero-order valence-corrected chi connectivity index (χ0v) is 13.9. The Morgan fingerprint density at radius 3 is 2.30 bits per heavy atom. The lowest BCUT2D eigenvalue weighted by Gasteiger charge is -2.38. The standard InChI is InChI=1S/C16H30N4/c1-11-16(13(3)20(6)18-11)12(2)19(5)15-9-7-14(17-4)8-10-15/h12,14-15,17H,7-10H2,1-6H3. The summed E-state index contributed by atoms with van der Waals surface area (Å²) in [6.07, 6.45) is 5.18. The minimum atomic E-state index is 0.444. The number of aromatic nitrogens is 2. The number of nitrogens with one attached hydrogen (secondary N) is 1. The number of hydrogen-bond acceptors (Lipinski definition) is 3. The Hall–Kier alpha value is -0.870. The summed E-state index contributed by atoms with van der Waals surface area (Å²) in [4.78, 5) is 2.56. The molecule has 1 aromatic heterocycles. The zero-order chi connectivity index (χ0) is 14.9. The lowest BCUT2D eigenvalue weighted by atomic mass is 9.89. The van der Waals surface area contributed by atoms with Crippen molar-refractivity contribution in [3.8, 4) is 0 Å². The van der Waals surface area contributed by atoms with Gasteiger partial charge in [0.15, 0.2) is 0 Å². The van der Waals surface area contributed by atoms with Crippen LogP contribution in [-0.4, -0.2) is 40.9 Å². The molecule has 0 saturated heterocycles. The second-order valence-electron chi connectivity index (χ2n) is 6.34. The van der Waals surface area contributed by atoms with Crippen LogP contribution in [0.15, 0.2) is 0 Å². The largest absolute Gasteiger partial charge is 0.317 e. The van der Waals surface area contributed by atoms with Gasteiger partial charge in [-0.15, -0.1) is 0 Å². The van der Waals surface area contributed by atoms with Gasteiger partial charge in [0.05, 0.1) is 5.69 Å². The minimum Gasteiger partial charge on any atom is -0.317 e. The van der Waals surface area contributed by atoms with Crippen molar-refractivity contribution >= 4 is 0 Å². The van der Waals surface area contributed by atoms with Gasteiger partial charge < -0.3 is 5.32 Å². The average Bonchev–Trinajstić information content (AvgIpc) is 2.71. The van der Waals surface area contributed by atoms with Gasteiger partial charge in [-0.2, -0.15) is 5.10 Å². The van der Waals surface area contributed by atoms with Crippen LogP contribution in [0.1, 0.15) is 55.6 Å². The van der Waals surface area contributed by atoms with Gasteiger partial charge in [-0.1, -0.05) is 0 Å². The van der Waals surface area contributed by atoms with Crippen LogP contribution in [0.2, 0.25) is 0 Å². The molecule has 0 amide bonds. The molecule has 114 valence electrons. The molecule has 1 unspecified atom stereocenters. The fourth-order valence-corrected chi connectivity index (χ4v) is 3.69. The Kier molecular flexibility index (Phi) is 4.86. The van der Waals surface area contributed by atoms with Crippen molar-refractivity contribution in [1.82, 2.24) is 20.0 Å². The smallest absolute Gasteiger partial charge is 0.0644 e. The molecule has 0 radical (unpaired) electrons. The van der Waals surface area contributed by atoms with E-state index in [0.29, 0.717) is 12.1 Å². The summed E-state index contributed by atoms with van der Waals surface area (Å²) in [6.45, 7) is 6.63. The van der Waals surface area contributed by atoms with Crippen molar-refractivity contribution in [3.63, 3.8) is 0 Å². The van der Waals surface area contributed by atoms with E-state index in [1.807, 2.05) is 11.7 Å². The van der Waals surface area contributed by atoms with Gasteiger partial charge in [0.2, 0.25) is 0 Å². The van der Waals surface area contributed by atoms with E-state index in [2.05, 4.69) is 50.2 Å². The first kappa shape index (κ1) is 15.5. The van der Waals surface area contributed by atoms with Gasteiger partial charge >= 0.3 is 0 Å². The maximum absolute atomic E-state index is 4.56. The lowest BCUT2D eigenvalue weighted by Crippen LogP contribution is -2.41. The molecule has 4 nitrogen and oxygen atoms in total. The van der Waals surface area contributed by atoms with E-state index < -0.39 is 0 Å². The highest BCUT2D eigenvalue weighted by Gasteiger charge is 2.28. The first-order chi connectivity index (χ1) is 9.45. The van der Waals surface area contributed by atoms with Crippen LogP contribution in [-0.2, 0) is 7.05 Å². The Balaban J connectivity index is 2.07. The van der Waals surface area contributed by atoms with E-state index in [1.54, 1.807) is 0 Å². The molecule has 0 spiro atoms. The van der Waals surface area contributed by atoms with Crippen molar-refractivity contribution in [2.24, 2.45) is 7.05 Å². The summed E-state index contributed by atoms with van der Waals surface area (Å²) >= 11 is 0. The summed E-state index contributed by atoms with van der Waals surface area (Å²) in [7, 11) is 6.40. The van der Waals surface area contributed by atoms with Gasteiger partial charge in [-0.05, 0) is 60.5 Å². The molecule has 0 bridgehead atoms. The van der Waals surface area contributed by atoms with Crippen molar-refractivity contribution in [1.29, 1.82) is 0 Å². The molecule has 1 atom stereocenters. The highest BCUT2D eigenvalue weighted by molar-refractivity contribution is 5.27. The third kappa shape index (κ3) is 2.91. The molecule has 1 N–H and O–H groups in total. The molecule has 0 aromatic carbocycles. The molecule has 1 heterocycles. The lowest BCUT2D eigenvalue weighted by molar-refractivity contribution is 0.135. The van der Waals surface area contributed by atoms with E-state index in [9.17, 15) is 0 Å². The molecule has 4 heteroatoms. The summed E-state index contributed by atoms with van der Waals surface area (Å²) in [6, 6.07) is 1.87. The van der Waals surface area contributed by atoms with Crippen LogP contribution in [0.4, 0.5) is 0 Å². The third-order valence-corrected chi connectivity index (χ3v) is 5.27. The van der Waals surface area contributed by atoms with Crippen LogP contribution in [0.3, 0.4) is 0 Å². The molecule has 1 aliphatic carbocycles. The van der Waals surface area contributed by atoms with E-state index in [0.717, 1.165) is 6.04 Å². The summed E-state index contributed by atoms with van der Waals surface area (Å²) in [5.41, 5.74) is 3.88. The van der Waals surface area contributed by atoms with E-state index in [-0.39, 0.29) is 0 Å². The van der Waals surface area contributed by atoms with E-state index >= 15 is 0 Å². The predicted molar refractivity (Wildman–Crippen MR) is 84.0 cm³/mol. The summed E-state index contributed by atoms with van der Waals surface area (Å²) in [5, 5.41) is 7.98. The molecule has 2 rings (SSSR count). The average molecular weight is 278 g/mol. The van der Waals surface area contributed by atoms with Gasteiger partial charge in [-0.25, -0.2) is 0 Å². The second-order valence-corrected chi connectivity index (χ2v) is 6.34. The second kappa shape index (κ2) is 6.27. The highest BCUT2D eigenvalue weighted by atomic mass is 15.3. The molecule has 1 aromatic rings. The Bertz CT molecular complexity index is 444. The molecule has 1 aliphatic rings. The Morgan fingerprint density at radius 2 is 1.85 bits per heavy atom. The molecule has 1 fully saturated rings. The van der Waals surface area contributed by atoms with Crippen molar-refractivity contribution in [2.45, 2.75) is 64.6 Å². The van der Waals surface area contributed by atoms with E-state index in [1.165, 1.54) is 42.6 Å². The number of rotatable bonds is 4. The van der Waals surface area contributed by atoms with Crippen LogP contribution < -0.4 is 5.32 Å². The highest BCUT2D eigenvalue weighted by Crippen LogP contribution is 2.31. The predicted octanol–water partition coefficient (Wildman–Crippen LogP) is 2.56. The molecule has 1 saturated carbocycles. The normalized spacial score (nSPS) is 25.1. The number of aryl methyl sites for hydroxylation is 2. The number of hydrogen-bond donors (Lipinski definition) is 1. The van der Waals surface area contributed by atoms with Crippen molar-refractivity contribution in [2.75, 3.05) is 14.1 Å². The zero-order valence-electron chi connectivity index (χ0n) is 13.9. The Morgan fingerprint density at radius 1 is 1.25 bits per heavy atom. The molecule has 0 aliphatic heterocycles. The fourth-order valence-electron chi connectivity index (χ4n) is 3.69.